The van der Waals surface area contributed by atoms with E-state index in [4.69, 9.17) is 5.73 Å². The first kappa shape index (κ1) is 31.5. The van der Waals surface area contributed by atoms with Crippen molar-refractivity contribution in [2.45, 2.75) is 77.5 Å². The molecular formula is C22H42N4O5S2. The number of rotatable bonds is 17. The third-order valence-electron chi connectivity index (χ3n) is 5.78. The number of aliphatic carboxylic acids is 1. The Hall–Kier alpha value is -1.46. The quantitative estimate of drug-likeness (QED) is 0.199. The summed E-state index contributed by atoms with van der Waals surface area (Å²) in [4.78, 5) is 50.2. The molecule has 0 spiro atoms. The normalized spacial score (nSPS) is 16.6. The lowest BCUT2D eigenvalue weighted by Gasteiger charge is -2.29. The molecule has 0 rings (SSSR count). The fraction of sp³-hybridized carbons (Fsp3) is 0.818. The van der Waals surface area contributed by atoms with Crippen LogP contribution in [0.4, 0.5) is 0 Å². The van der Waals surface area contributed by atoms with Crippen LogP contribution in [-0.2, 0) is 19.2 Å². The van der Waals surface area contributed by atoms with E-state index in [2.05, 4.69) is 16.0 Å². The van der Waals surface area contributed by atoms with Gasteiger partial charge in [-0.05, 0) is 48.7 Å². The molecule has 0 radical (unpaired) electrons. The monoisotopic (exact) mass is 506 g/mol. The van der Waals surface area contributed by atoms with Gasteiger partial charge < -0.3 is 26.8 Å². The van der Waals surface area contributed by atoms with Crippen LogP contribution < -0.4 is 21.7 Å². The zero-order chi connectivity index (χ0) is 25.6. The number of hydrogen-bond donors (Lipinski definition) is 5. The predicted octanol–water partition coefficient (Wildman–Crippen LogP) is 1.45. The van der Waals surface area contributed by atoms with Gasteiger partial charge in [0.25, 0.3) is 0 Å². The summed E-state index contributed by atoms with van der Waals surface area (Å²) in [5.41, 5.74) is 5.94. The minimum atomic E-state index is -1.11. The van der Waals surface area contributed by atoms with Gasteiger partial charge in [0.2, 0.25) is 17.7 Å². The summed E-state index contributed by atoms with van der Waals surface area (Å²) in [6, 6.07) is -3.53. The van der Waals surface area contributed by atoms with Gasteiger partial charge in [0.15, 0.2) is 0 Å². The van der Waals surface area contributed by atoms with Gasteiger partial charge in [-0.1, -0.05) is 40.5 Å². The topological polar surface area (TPSA) is 151 Å². The molecule has 9 nitrogen and oxygen atoms in total. The van der Waals surface area contributed by atoms with E-state index in [9.17, 15) is 24.3 Å². The summed E-state index contributed by atoms with van der Waals surface area (Å²) in [6.45, 7) is 7.31. The molecule has 6 unspecified atom stereocenters. The van der Waals surface area contributed by atoms with Gasteiger partial charge in [0, 0.05) is 0 Å². The van der Waals surface area contributed by atoms with Crippen molar-refractivity contribution in [1.82, 2.24) is 16.0 Å². The van der Waals surface area contributed by atoms with Crippen LogP contribution in [0.25, 0.3) is 0 Å². The molecule has 0 bridgehead atoms. The average molecular weight is 507 g/mol. The molecule has 0 saturated heterocycles. The van der Waals surface area contributed by atoms with Crippen molar-refractivity contribution in [1.29, 1.82) is 0 Å². The minimum absolute atomic E-state index is 0.235. The molecule has 3 amide bonds. The maximum Gasteiger partial charge on any atom is 0.326 e. The van der Waals surface area contributed by atoms with E-state index in [1.54, 1.807) is 18.7 Å². The third-order valence-corrected chi connectivity index (χ3v) is 7.07. The molecule has 11 heteroatoms. The van der Waals surface area contributed by atoms with Gasteiger partial charge in [-0.25, -0.2) is 4.79 Å². The molecule has 6 atom stereocenters. The highest BCUT2D eigenvalue weighted by Crippen LogP contribution is 2.13. The molecule has 0 fully saturated rings. The molecule has 0 aromatic heterocycles. The summed E-state index contributed by atoms with van der Waals surface area (Å²) in [7, 11) is 0. The van der Waals surface area contributed by atoms with Gasteiger partial charge >= 0.3 is 5.97 Å². The Morgan fingerprint density at radius 3 is 1.76 bits per heavy atom. The second-order valence-electron chi connectivity index (χ2n) is 8.31. The highest BCUT2D eigenvalue weighted by molar-refractivity contribution is 7.98. The molecule has 0 aliphatic heterocycles. The second-order valence-corrected chi connectivity index (χ2v) is 10.3. The Morgan fingerprint density at radius 1 is 0.788 bits per heavy atom. The maximum absolute atomic E-state index is 13.1. The summed E-state index contributed by atoms with van der Waals surface area (Å²) < 4.78 is 0. The molecule has 0 saturated carbocycles. The largest absolute Gasteiger partial charge is 0.480 e. The fourth-order valence-corrected chi connectivity index (χ4v) is 4.00. The van der Waals surface area contributed by atoms with Crippen LogP contribution in [0.1, 0.15) is 53.4 Å². The van der Waals surface area contributed by atoms with E-state index < -0.39 is 47.9 Å². The van der Waals surface area contributed by atoms with E-state index in [0.717, 1.165) is 5.75 Å². The molecule has 0 aliphatic carbocycles. The Bertz CT molecular complexity index is 638. The van der Waals surface area contributed by atoms with Crippen molar-refractivity contribution in [3.05, 3.63) is 0 Å². The molecule has 6 N–H and O–H groups in total. The Labute approximate surface area is 206 Å². The Morgan fingerprint density at radius 2 is 1.27 bits per heavy atom. The molecule has 0 heterocycles. The van der Waals surface area contributed by atoms with Gasteiger partial charge in [0.05, 0.1) is 6.04 Å². The van der Waals surface area contributed by atoms with Gasteiger partial charge in [-0.15, -0.1) is 0 Å². The van der Waals surface area contributed by atoms with Crippen LogP contribution in [0.5, 0.6) is 0 Å². The molecule has 0 aromatic rings. The van der Waals surface area contributed by atoms with Crippen molar-refractivity contribution >= 4 is 47.2 Å². The zero-order valence-electron chi connectivity index (χ0n) is 20.7. The number of nitrogens with two attached hydrogens (primary N) is 1. The second kappa shape index (κ2) is 17.0. The molecule has 0 aromatic carbocycles. The lowest BCUT2D eigenvalue weighted by atomic mass is 9.95. The number of thioether (sulfide) groups is 2. The van der Waals surface area contributed by atoms with Crippen molar-refractivity contribution in [2.75, 3.05) is 24.0 Å². The highest BCUT2D eigenvalue weighted by atomic mass is 32.2. The van der Waals surface area contributed by atoms with Crippen molar-refractivity contribution < 1.29 is 24.3 Å². The number of hydrogen-bond acceptors (Lipinski definition) is 7. The van der Waals surface area contributed by atoms with Gasteiger partial charge in [-0.3, -0.25) is 14.4 Å². The molecule has 0 aliphatic rings. The number of amides is 3. The summed E-state index contributed by atoms with van der Waals surface area (Å²) in [5.74, 6) is -1.69. The number of carboxylic acids is 1. The Balaban J connectivity index is 5.50. The van der Waals surface area contributed by atoms with E-state index in [0.29, 0.717) is 31.4 Å². The number of carboxylic acid groups (broad SMARTS) is 1. The van der Waals surface area contributed by atoms with E-state index >= 15 is 0 Å². The van der Waals surface area contributed by atoms with Crippen LogP contribution in [0.15, 0.2) is 0 Å². The highest BCUT2D eigenvalue weighted by Gasteiger charge is 2.33. The van der Waals surface area contributed by atoms with Crippen LogP contribution in [0.3, 0.4) is 0 Å². The van der Waals surface area contributed by atoms with Gasteiger partial charge in [-0.2, -0.15) is 23.5 Å². The van der Waals surface area contributed by atoms with Crippen LogP contribution >= 0.6 is 23.5 Å². The first-order chi connectivity index (χ1) is 15.5. The van der Waals surface area contributed by atoms with E-state index in [1.165, 1.54) is 11.8 Å². The summed E-state index contributed by atoms with van der Waals surface area (Å²) in [6.07, 6.45) is 5.88. The lowest BCUT2D eigenvalue weighted by Crippen LogP contribution is -2.59. The fourth-order valence-electron chi connectivity index (χ4n) is 3.04. The average Bonchev–Trinajstić information content (AvgIpc) is 2.79. The third kappa shape index (κ3) is 11.5. The standard InChI is InChI=1S/C22H42N4O5S2/c1-7-13(3)17(21(29)26-18(22(30)31)14(4)8-2)25-20(28)16(10-12-33-6)24-19(27)15(23)9-11-32-5/h13-18H,7-12,23H2,1-6H3,(H,24,27)(H,25,28)(H,26,29)(H,30,31). The van der Waals surface area contributed by atoms with Crippen molar-refractivity contribution in [2.24, 2.45) is 17.6 Å². The summed E-state index contributed by atoms with van der Waals surface area (Å²) >= 11 is 3.12. The van der Waals surface area contributed by atoms with Crippen LogP contribution in [-0.4, -0.2) is 77.0 Å². The lowest BCUT2D eigenvalue weighted by molar-refractivity contribution is -0.144. The van der Waals surface area contributed by atoms with Crippen LogP contribution in [0, 0.1) is 11.8 Å². The first-order valence-electron chi connectivity index (χ1n) is 11.4. The van der Waals surface area contributed by atoms with E-state index in [1.807, 2.05) is 33.3 Å². The van der Waals surface area contributed by atoms with Crippen LogP contribution in [0.2, 0.25) is 0 Å². The molecular weight excluding hydrogens is 464 g/mol. The predicted molar refractivity (Wildman–Crippen MR) is 136 cm³/mol. The number of carbonyl (C=O) groups is 4. The summed E-state index contributed by atoms with van der Waals surface area (Å²) in [5, 5.41) is 17.6. The Kier molecular flexibility index (Phi) is 16.3. The van der Waals surface area contributed by atoms with Gasteiger partial charge in [0.1, 0.15) is 18.1 Å². The molecule has 192 valence electrons. The molecule has 33 heavy (non-hydrogen) atoms. The van der Waals surface area contributed by atoms with E-state index in [-0.39, 0.29) is 11.8 Å². The number of carbonyl (C=O) groups excluding carboxylic acids is 3. The number of nitrogens with one attached hydrogen (secondary N) is 3. The smallest absolute Gasteiger partial charge is 0.326 e. The zero-order valence-corrected chi connectivity index (χ0v) is 22.3. The van der Waals surface area contributed by atoms with Crippen molar-refractivity contribution in [3.8, 4) is 0 Å². The van der Waals surface area contributed by atoms with Crippen molar-refractivity contribution in [3.63, 3.8) is 0 Å². The maximum atomic E-state index is 13.1. The minimum Gasteiger partial charge on any atom is -0.480 e. The first-order valence-corrected chi connectivity index (χ1v) is 14.2. The SMILES string of the molecule is CCC(C)C(NC(=O)C(NC(=O)C(CCSC)NC(=O)C(N)CCSC)C(C)CC)C(=O)O.